The molecule has 1 aliphatic rings. The lowest BCUT2D eigenvalue weighted by molar-refractivity contribution is -0.138. The molecule has 1 amide bonds. The maximum atomic E-state index is 13.0. The van der Waals surface area contributed by atoms with E-state index in [1.165, 1.54) is 0 Å². The van der Waals surface area contributed by atoms with Crippen molar-refractivity contribution in [2.75, 3.05) is 13.1 Å². The van der Waals surface area contributed by atoms with Crippen LogP contribution in [0.4, 0.5) is 0 Å². The molecule has 1 fully saturated rings. The van der Waals surface area contributed by atoms with Crippen LogP contribution in [0.5, 0.6) is 0 Å². The van der Waals surface area contributed by atoms with Gasteiger partial charge in [-0.05, 0) is 38.0 Å². The molecule has 1 atom stereocenters. The van der Waals surface area contributed by atoms with E-state index in [9.17, 15) is 9.59 Å². The van der Waals surface area contributed by atoms with Gasteiger partial charge in [-0.25, -0.2) is 9.48 Å². The van der Waals surface area contributed by atoms with Crippen molar-refractivity contribution in [1.82, 2.24) is 14.7 Å². The number of para-hydroxylation sites is 1. The summed E-state index contributed by atoms with van der Waals surface area (Å²) in [6, 6.07) is 20.8. The van der Waals surface area contributed by atoms with Gasteiger partial charge in [0, 0.05) is 18.7 Å². The maximum absolute atomic E-state index is 13.0. The number of ether oxygens (including phenoxy) is 1. The Bertz CT molecular complexity index is 993. The Balaban J connectivity index is 1.63. The van der Waals surface area contributed by atoms with Crippen LogP contribution in [0.1, 0.15) is 30.3 Å². The first kappa shape index (κ1) is 18.9. The molecule has 148 valence electrons. The second-order valence-corrected chi connectivity index (χ2v) is 7.11. The van der Waals surface area contributed by atoms with Crippen LogP contribution in [0, 0.1) is 0 Å². The molecule has 2 aromatic carbocycles. The fourth-order valence-electron chi connectivity index (χ4n) is 3.51. The number of esters is 1. The van der Waals surface area contributed by atoms with Crippen LogP contribution in [-0.2, 0) is 9.53 Å². The van der Waals surface area contributed by atoms with Gasteiger partial charge in [-0.15, -0.1) is 0 Å². The molecule has 1 aliphatic heterocycles. The Morgan fingerprint density at radius 3 is 2.24 bits per heavy atom. The maximum Gasteiger partial charge on any atom is 0.357 e. The topological polar surface area (TPSA) is 64.4 Å². The first-order chi connectivity index (χ1) is 14.1. The first-order valence-corrected chi connectivity index (χ1v) is 9.84. The van der Waals surface area contributed by atoms with E-state index in [-0.39, 0.29) is 11.6 Å². The molecule has 0 spiro atoms. The standard InChI is InChI=1S/C23H23N3O3/c1-17(22(27)25-14-8-9-15-25)29-23(28)21-16-20(18-10-4-2-5-11-18)24-26(21)19-12-6-3-7-13-19/h2-7,10-13,16-17H,8-9,14-15H2,1H3/t17-/m0/s1. The zero-order chi connectivity index (χ0) is 20.2. The number of aromatic nitrogens is 2. The van der Waals surface area contributed by atoms with Gasteiger partial charge in [0.15, 0.2) is 11.8 Å². The van der Waals surface area contributed by atoms with E-state index in [1.807, 2.05) is 60.7 Å². The summed E-state index contributed by atoms with van der Waals surface area (Å²) < 4.78 is 7.10. The molecule has 0 aliphatic carbocycles. The predicted molar refractivity (Wildman–Crippen MR) is 110 cm³/mol. The van der Waals surface area contributed by atoms with Crippen LogP contribution < -0.4 is 0 Å². The van der Waals surface area contributed by atoms with Crippen LogP contribution in [0.3, 0.4) is 0 Å². The number of carbonyl (C=O) groups excluding carboxylic acids is 2. The van der Waals surface area contributed by atoms with E-state index < -0.39 is 12.1 Å². The van der Waals surface area contributed by atoms with Crippen molar-refractivity contribution in [1.29, 1.82) is 0 Å². The van der Waals surface area contributed by atoms with Crippen molar-refractivity contribution in [3.8, 4) is 16.9 Å². The summed E-state index contributed by atoms with van der Waals surface area (Å²) in [6.07, 6.45) is 1.15. The van der Waals surface area contributed by atoms with Crippen molar-refractivity contribution >= 4 is 11.9 Å². The number of likely N-dealkylation sites (tertiary alicyclic amines) is 1. The Hall–Kier alpha value is -3.41. The lowest BCUT2D eigenvalue weighted by Crippen LogP contribution is -2.38. The van der Waals surface area contributed by atoms with Crippen LogP contribution in [0.15, 0.2) is 66.7 Å². The molecular weight excluding hydrogens is 366 g/mol. The lowest BCUT2D eigenvalue weighted by Gasteiger charge is -2.20. The zero-order valence-corrected chi connectivity index (χ0v) is 16.3. The van der Waals surface area contributed by atoms with Gasteiger partial charge >= 0.3 is 5.97 Å². The lowest BCUT2D eigenvalue weighted by atomic mass is 10.1. The highest BCUT2D eigenvalue weighted by Crippen LogP contribution is 2.23. The van der Waals surface area contributed by atoms with Gasteiger partial charge < -0.3 is 9.64 Å². The van der Waals surface area contributed by atoms with Crippen LogP contribution in [-0.4, -0.2) is 45.8 Å². The Labute approximate surface area is 169 Å². The summed E-state index contributed by atoms with van der Waals surface area (Å²) >= 11 is 0. The molecule has 0 bridgehead atoms. The molecule has 6 nitrogen and oxygen atoms in total. The number of hydrogen-bond acceptors (Lipinski definition) is 4. The van der Waals surface area contributed by atoms with Gasteiger partial charge in [0.2, 0.25) is 0 Å². The molecule has 4 rings (SSSR count). The smallest absolute Gasteiger partial charge is 0.357 e. The molecule has 29 heavy (non-hydrogen) atoms. The summed E-state index contributed by atoms with van der Waals surface area (Å²) in [5.41, 5.74) is 2.61. The van der Waals surface area contributed by atoms with Crippen molar-refractivity contribution in [3.05, 3.63) is 72.4 Å². The minimum atomic E-state index is -0.833. The number of amides is 1. The van der Waals surface area contributed by atoms with Crippen molar-refractivity contribution in [2.24, 2.45) is 0 Å². The first-order valence-electron chi connectivity index (χ1n) is 9.84. The molecule has 0 saturated carbocycles. The second-order valence-electron chi connectivity index (χ2n) is 7.11. The normalized spacial score (nSPS) is 14.6. The Morgan fingerprint density at radius 2 is 1.59 bits per heavy atom. The van der Waals surface area contributed by atoms with E-state index >= 15 is 0 Å². The number of benzene rings is 2. The van der Waals surface area contributed by atoms with Crippen molar-refractivity contribution in [2.45, 2.75) is 25.9 Å². The average molecular weight is 389 g/mol. The van der Waals surface area contributed by atoms with Gasteiger partial charge in [0.1, 0.15) is 0 Å². The molecule has 0 N–H and O–H groups in total. The zero-order valence-electron chi connectivity index (χ0n) is 16.3. The number of carbonyl (C=O) groups is 2. The SMILES string of the molecule is C[C@H](OC(=O)c1cc(-c2ccccc2)nn1-c1ccccc1)C(=O)N1CCCC1. The highest BCUT2D eigenvalue weighted by molar-refractivity contribution is 5.92. The summed E-state index contributed by atoms with van der Waals surface area (Å²) in [7, 11) is 0. The predicted octanol–water partition coefficient (Wildman–Crippen LogP) is 3.71. The van der Waals surface area contributed by atoms with Gasteiger partial charge in [0.25, 0.3) is 5.91 Å². The van der Waals surface area contributed by atoms with Gasteiger partial charge in [-0.1, -0.05) is 48.5 Å². The molecule has 1 saturated heterocycles. The minimum absolute atomic E-state index is 0.148. The fourth-order valence-corrected chi connectivity index (χ4v) is 3.51. The third-order valence-electron chi connectivity index (χ3n) is 5.04. The quantitative estimate of drug-likeness (QED) is 0.624. The third kappa shape index (κ3) is 4.06. The molecule has 2 heterocycles. The van der Waals surface area contributed by atoms with Crippen LogP contribution >= 0.6 is 0 Å². The summed E-state index contributed by atoms with van der Waals surface area (Å²) in [6.45, 7) is 3.07. The monoisotopic (exact) mass is 389 g/mol. The third-order valence-corrected chi connectivity index (χ3v) is 5.04. The summed E-state index contributed by atoms with van der Waals surface area (Å²) in [5.74, 6) is -0.714. The largest absolute Gasteiger partial charge is 0.448 e. The molecule has 0 unspecified atom stereocenters. The van der Waals surface area contributed by atoms with E-state index in [0.717, 1.165) is 37.2 Å². The van der Waals surface area contributed by atoms with Gasteiger partial charge in [-0.2, -0.15) is 5.10 Å². The van der Waals surface area contributed by atoms with Crippen molar-refractivity contribution < 1.29 is 14.3 Å². The summed E-state index contributed by atoms with van der Waals surface area (Å²) in [5, 5.41) is 4.62. The van der Waals surface area contributed by atoms with Crippen molar-refractivity contribution in [3.63, 3.8) is 0 Å². The summed E-state index contributed by atoms with van der Waals surface area (Å²) in [4.78, 5) is 27.2. The molecule has 6 heteroatoms. The Kier molecular flexibility index (Phi) is 5.42. The molecule has 1 aromatic heterocycles. The minimum Gasteiger partial charge on any atom is -0.448 e. The van der Waals surface area contributed by atoms with E-state index in [4.69, 9.17) is 4.74 Å². The van der Waals surface area contributed by atoms with Gasteiger partial charge in [-0.3, -0.25) is 4.79 Å². The number of hydrogen-bond donors (Lipinski definition) is 0. The van der Waals surface area contributed by atoms with E-state index in [2.05, 4.69) is 5.10 Å². The van der Waals surface area contributed by atoms with E-state index in [0.29, 0.717) is 5.69 Å². The van der Waals surface area contributed by atoms with E-state index in [1.54, 1.807) is 22.6 Å². The Morgan fingerprint density at radius 1 is 0.966 bits per heavy atom. The fraction of sp³-hybridized carbons (Fsp3) is 0.261. The van der Waals surface area contributed by atoms with Crippen LogP contribution in [0.25, 0.3) is 16.9 Å². The number of nitrogens with zero attached hydrogens (tertiary/aromatic N) is 3. The molecule has 0 radical (unpaired) electrons. The highest BCUT2D eigenvalue weighted by Gasteiger charge is 2.28. The second kappa shape index (κ2) is 8.31. The average Bonchev–Trinajstić information content (AvgIpc) is 3.45. The highest BCUT2D eigenvalue weighted by atomic mass is 16.5. The molecule has 3 aromatic rings. The van der Waals surface area contributed by atoms with Gasteiger partial charge in [0.05, 0.1) is 11.4 Å². The molecular formula is C23H23N3O3. The van der Waals surface area contributed by atoms with Crippen LogP contribution in [0.2, 0.25) is 0 Å². The number of rotatable bonds is 5.